The maximum Gasteiger partial charge on any atom is 0.261 e. The third kappa shape index (κ3) is 5.22. The number of nitrogens with two attached hydrogens (primary N) is 1. The van der Waals surface area contributed by atoms with Gasteiger partial charge < -0.3 is 4.74 Å². The highest BCUT2D eigenvalue weighted by molar-refractivity contribution is 9.10. The van der Waals surface area contributed by atoms with Gasteiger partial charge >= 0.3 is 0 Å². The van der Waals surface area contributed by atoms with Crippen molar-refractivity contribution in [2.75, 3.05) is 13.2 Å². The Hall–Kier alpha value is -3.39. The van der Waals surface area contributed by atoms with Crippen molar-refractivity contribution in [3.63, 3.8) is 0 Å². The molecule has 2 amide bonds. The quantitative estimate of drug-likeness (QED) is 0.240. The smallest absolute Gasteiger partial charge is 0.261 e. The number of rotatable bonds is 10. The summed E-state index contributed by atoms with van der Waals surface area (Å²) < 4.78 is 6.75. The van der Waals surface area contributed by atoms with Crippen LogP contribution < -0.4 is 5.32 Å². The second-order valence-corrected chi connectivity index (χ2v) is 8.61. The third-order valence-electron chi connectivity index (χ3n) is 5.48. The van der Waals surface area contributed by atoms with Gasteiger partial charge in [-0.3, -0.25) is 19.8 Å². The van der Waals surface area contributed by atoms with E-state index in [2.05, 4.69) is 33.6 Å². The summed E-state index contributed by atoms with van der Waals surface area (Å²) in [7, 11) is 0. The number of pyridine rings is 1. The summed E-state index contributed by atoms with van der Waals surface area (Å²) >= 11 is 3.60. The van der Waals surface area contributed by atoms with E-state index in [4.69, 9.17) is 4.74 Å². The van der Waals surface area contributed by atoms with Crippen LogP contribution in [0.2, 0.25) is 0 Å². The molecule has 0 saturated carbocycles. The average Bonchev–Trinajstić information content (AvgIpc) is 3.10. The van der Waals surface area contributed by atoms with Crippen molar-refractivity contribution in [2.45, 2.75) is 13.0 Å². The van der Waals surface area contributed by atoms with E-state index >= 15 is 0 Å². The first-order chi connectivity index (χ1) is 16.6. The number of hydrogen-bond acceptors (Lipinski definition) is 4. The van der Waals surface area contributed by atoms with Crippen LogP contribution in [0.5, 0.6) is 0 Å². The molecule has 7 heteroatoms. The van der Waals surface area contributed by atoms with Gasteiger partial charge in [-0.15, -0.1) is 0 Å². The number of aromatic nitrogens is 1. The molecule has 0 atom stereocenters. The number of quaternary nitrogens is 1. The molecule has 34 heavy (non-hydrogen) atoms. The van der Waals surface area contributed by atoms with Gasteiger partial charge in [-0.2, -0.15) is 0 Å². The summed E-state index contributed by atoms with van der Waals surface area (Å²) in [5.41, 5.74) is 1.99. The minimum atomic E-state index is -0.229. The topological polar surface area (TPSA) is 76.1 Å². The van der Waals surface area contributed by atoms with Crippen molar-refractivity contribution in [3.8, 4) is 0 Å². The Kier molecular flexibility index (Phi) is 7.80. The number of ether oxygens (including phenoxy) is 1. The van der Waals surface area contributed by atoms with Crippen LogP contribution >= 0.6 is 15.9 Å². The molecule has 2 N–H and O–H groups in total. The van der Waals surface area contributed by atoms with E-state index in [-0.39, 0.29) is 11.8 Å². The summed E-state index contributed by atoms with van der Waals surface area (Å²) in [6.07, 6.45) is 11.8. The molecule has 3 aromatic rings. The van der Waals surface area contributed by atoms with E-state index in [1.165, 1.54) is 4.90 Å². The fourth-order valence-electron chi connectivity index (χ4n) is 3.81. The van der Waals surface area contributed by atoms with Crippen molar-refractivity contribution < 1.29 is 19.6 Å². The highest BCUT2D eigenvalue weighted by Crippen LogP contribution is 2.27. The number of benzene rings is 2. The molecule has 0 bridgehead atoms. The summed E-state index contributed by atoms with van der Waals surface area (Å²) in [5, 5.41) is 4.07. The fourth-order valence-corrected chi connectivity index (χ4v) is 4.24. The summed E-state index contributed by atoms with van der Waals surface area (Å²) in [4.78, 5) is 30.7. The minimum Gasteiger partial charge on any atom is -0.377 e. The SMILES string of the molecule is C=CC=CC=C[NH2+]c1ncc(Br)c2cc(COCCCN3C(=O)c4ccccc4C3=O)ccc12. The van der Waals surface area contributed by atoms with Gasteiger partial charge in [0.2, 0.25) is 5.82 Å². The Labute approximate surface area is 206 Å². The zero-order valence-corrected chi connectivity index (χ0v) is 20.2. The monoisotopic (exact) mass is 518 g/mol. The number of fused-ring (bicyclic) bond motifs is 2. The lowest BCUT2D eigenvalue weighted by Gasteiger charge is -2.13. The van der Waals surface area contributed by atoms with Gasteiger partial charge in [-0.1, -0.05) is 43.0 Å². The summed E-state index contributed by atoms with van der Waals surface area (Å²) in [6, 6.07) is 13.1. The predicted molar refractivity (Wildman–Crippen MR) is 136 cm³/mol. The second-order valence-electron chi connectivity index (χ2n) is 7.76. The number of halogens is 1. The van der Waals surface area contributed by atoms with Crippen molar-refractivity contribution >= 4 is 44.3 Å². The van der Waals surface area contributed by atoms with E-state index in [1.807, 2.05) is 41.9 Å². The van der Waals surface area contributed by atoms with Gasteiger partial charge in [0.05, 0.1) is 29.3 Å². The molecule has 4 rings (SSSR count). The van der Waals surface area contributed by atoms with Crippen molar-refractivity contribution in [1.82, 2.24) is 9.88 Å². The lowest BCUT2D eigenvalue weighted by atomic mass is 10.1. The van der Waals surface area contributed by atoms with Gasteiger partial charge in [0.15, 0.2) is 0 Å². The molecule has 172 valence electrons. The Balaban J connectivity index is 1.32. The van der Waals surface area contributed by atoms with Gasteiger partial charge in [0.25, 0.3) is 11.8 Å². The van der Waals surface area contributed by atoms with Crippen molar-refractivity contribution in [1.29, 1.82) is 0 Å². The van der Waals surface area contributed by atoms with Crippen LogP contribution in [0.1, 0.15) is 32.7 Å². The molecule has 1 aliphatic rings. The Morgan fingerprint density at radius 1 is 1.03 bits per heavy atom. The molecule has 0 fully saturated rings. The van der Waals surface area contributed by atoms with Crippen LogP contribution in [0.4, 0.5) is 5.82 Å². The second kappa shape index (κ2) is 11.2. The number of hydrogen-bond donors (Lipinski definition) is 1. The van der Waals surface area contributed by atoms with E-state index < -0.39 is 0 Å². The number of allylic oxidation sites excluding steroid dienone is 4. The molecule has 0 spiro atoms. The molecular formula is C27H25BrN3O3+. The average molecular weight is 519 g/mol. The molecule has 2 aromatic carbocycles. The van der Waals surface area contributed by atoms with Crippen LogP contribution in [-0.2, 0) is 11.3 Å². The lowest BCUT2D eigenvalue weighted by molar-refractivity contribution is -0.498. The normalized spacial score (nSPS) is 13.5. The van der Waals surface area contributed by atoms with Gasteiger partial charge in [0.1, 0.15) is 0 Å². The zero-order chi connectivity index (χ0) is 23.9. The molecule has 0 saturated heterocycles. The van der Waals surface area contributed by atoms with E-state index in [9.17, 15) is 9.59 Å². The molecule has 2 heterocycles. The Morgan fingerprint density at radius 2 is 1.79 bits per heavy atom. The first-order valence-electron chi connectivity index (χ1n) is 11.0. The first-order valence-corrected chi connectivity index (χ1v) is 11.8. The number of carbonyl (C=O) groups is 2. The van der Waals surface area contributed by atoms with Gasteiger partial charge in [-0.25, -0.2) is 4.98 Å². The van der Waals surface area contributed by atoms with Crippen LogP contribution in [0.15, 0.2) is 90.2 Å². The molecule has 0 unspecified atom stereocenters. The van der Waals surface area contributed by atoms with Crippen molar-refractivity contribution in [3.05, 3.63) is 107 Å². The minimum absolute atomic E-state index is 0.229. The maximum absolute atomic E-state index is 12.4. The maximum atomic E-state index is 12.4. The lowest BCUT2D eigenvalue weighted by Crippen LogP contribution is -2.71. The highest BCUT2D eigenvalue weighted by atomic mass is 79.9. The zero-order valence-electron chi connectivity index (χ0n) is 18.6. The third-order valence-corrected chi connectivity index (χ3v) is 6.11. The van der Waals surface area contributed by atoms with Crippen LogP contribution in [0.3, 0.4) is 0 Å². The van der Waals surface area contributed by atoms with Crippen LogP contribution in [0, 0.1) is 0 Å². The molecule has 1 aliphatic heterocycles. The predicted octanol–water partition coefficient (Wildman–Crippen LogP) is 4.65. The molecule has 0 aliphatic carbocycles. The van der Waals surface area contributed by atoms with Gasteiger partial charge in [-0.05, 0) is 58.3 Å². The number of imide groups is 1. The Bertz CT molecular complexity index is 1260. The first kappa shape index (κ1) is 23.8. The largest absolute Gasteiger partial charge is 0.377 e. The van der Waals surface area contributed by atoms with Crippen LogP contribution in [-0.4, -0.2) is 34.8 Å². The van der Waals surface area contributed by atoms with E-state index in [1.54, 1.807) is 36.5 Å². The fraction of sp³-hybridized carbons (Fsp3) is 0.148. The summed E-state index contributed by atoms with van der Waals surface area (Å²) in [5.74, 6) is 0.426. The molecular weight excluding hydrogens is 494 g/mol. The van der Waals surface area contributed by atoms with Gasteiger partial charge in [0, 0.05) is 29.2 Å². The van der Waals surface area contributed by atoms with Crippen LogP contribution in [0.25, 0.3) is 10.8 Å². The van der Waals surface area contributed by atoms with E-state index in [0.29, 0.717) is 37.3 Å². The number of amides is 2. The number of carbonyl (C=O) groups excluding carboxylic acids is 2. The highest BCUT2D eigenvalue weighted by Gasteiger charge is 2.34. The van der Waals surface area contributed by atoms with E-state index in [0.717, 1.165) is 26.6 Å². The summed E-state index contributed by atoms with van der Waals surface area (Å²) in [6.45, 7) is 4.89. The molecule has 6 nitrogen and oxygen atoms in total. The number of nitrogens with zero attached hydrogens (tertiary/aromatic N) is 2. The molecule has 1 aromatic heterocycles. The standard InChI is InChI=1S/C27H24BrN3O3/c1-2-3-4-7-13-29-25-20-12-11-19(16-23(20)24(28)17-30-25)18-34-15-8-14-31-26(32)21-9-5-6-10-22(21)27(31)33/h2-7,9-13,16-17H,1,8,14-15,18H2,(H,29,30)/p+1. The Morgan fingerprint density at radius 3 is 2.53 bits per heavy atom. The molecule has 0 radical (unpaired) electrons. The van der Waals surface area contributed by atoms with Crippen molar-refractivity contribution in [2.24, 2.45) is 0 Å².